The number of nitriles is 1. The molecule has 0 fully saturated rings. The average Bonchev–Trinajstić information content (AvgIpc) is 2.29. The Labute approximate surface area is 93.6 Å². The van der Waals surface area contributed by atoms with Gasteiger partial charge in [-0.15, -0.1) is 0 Å². The van der Waals surface area contributed by atoms with Gasteiger partial charge in [-0.2, -0.15) is 5.26 Å². The van der Waals surface area contributed by atoms with Crippen molar-refractivity contribution < 1.29 is 9.50 Å². The van der Waals surface area contributed by atoms with Gasteiger partial charge >= 0.3 is 0 Å². The number of hydrogen-bond acceptors (Lipinski definition) is 2. The molecule has 1 unspecified atom stereocenters. The molecule has 1 N–H and O–H groups in total. The van der Waals surface area contributed by atoms with Crippen LogP contribution in [-0.4, -0.2) is 5.11 Å². The molecule has 0 spiro atoms. The van der Waals surface area contributed by atoms with Gasteiger partial charge in [0.15, 0.2) is 0 Å². The minimum atomic E-state index is -0.368. The fraction of sp³-hybridized carbons (Fsp3) is 0.308. The van der Waals surface area contributed by atoms with E-state index in [0.29, 0.717) is 24.2 Å². The number of allylic oxidation sites excluding steroid dienone is 2. The summed E-state index contributed by atoms with van der Waals surface area (Å²) in [7, 11) is 0. The highest BCUT2D eigenvalue weighted by Gasteiger charge is 2.17. The minimum absolute atomic E-state index is 0.207. The van der Waals surface area contributed by atoms with Crippen LogP contribution in [0.4, 0.5) is 4.39 Å². The third kappa shape index (κ3) is 2.22. The maximum absolute atomic E-state index is 13.2. The van der Waals surface area contributed by atoms with E-state index in [1.807, 2.05) is 6.07 Å². The van der Waals surface area contributed by atoms with Crippen molar-refractivity contribution in [2.24, 2.45) is 0 Å². The lowest BCUT2D eigenvalue weighted by molar-refractivity contribution is 0.358. The average molecular weight is 217 g/mol. The molecular formula is C13H12FNO. The van der Waals surface area contributed by atoms with Gasteiger partial charge in [-0.3, -0.25) is 0 Å². The second kappa shape index (κ2) is 4.36. The number of benzene rings is 1. The maximum atomic E-state index is 13.2. The molecule has 2 nitrogen and oxygen atoms in total. The molecule has 0 saturated heterocycles. The first kappa shape index (κ1) is 10.7. The van der Waals surface area contributed by atoms with Crippen molar-refractivity contribution in [1.82, 2.24) is 0 Å². The van der Waals surface area contributed by atoms with Crippen molar-refractivity contribution >= 4 is 0 Å². The Bertz CT molecular complexity index is 473. The standard InChI is InChI=1S/C13H12FNO/c14-12-6-9(8-15)5-11(7-12)10-1-3-13(16)4-2-10/h3,5-7,10,16H,1-2,4H2. The van der Waals surface area contributed by atoms with Crippen molar-refractivity contribution in [2.45, 2.75) is 25.2 Å². The molecule has 1 aliphatic rings. The Hall–Kier alpha value is -1.82. The van der Waals surface area contributed by atoms with Gasteiger partial charge in [0, 0.05) is 6.42 Å². The molecule has 0 heterocycles. The van der Waals surface area contributed by atoms with E-state index in [0.717, 1.165) is 12.0 Å². The van der Waals surface area contributed by atoms with Gasteiger partial charge in [-0.1, -0.05) is 0 Å². The van der Waals surface area contributed by atoms with Crippen molar-refractivity contribution in [2.75, 3.05) is 0 Å². The summed E-state index contributed by atoms with van der Waals surface area (Å²) in [6.07, 6.45) is 3.91. The molecule has 3 heteroatoms. The Morgan fingerprint density at radius 3 is 2.81 bits per heavy atom. The number of aliphatic hydroxyl groups is 1. The number of nitrogens with zero attached hydrogens (tertiary/aromatic N) is 1. The second-order valence-corrected chi connectivity index (χ2v) is 4.05. The van der Waals surface area contributed by atoms with E-state index < -0.39 is 0 Å². The highest BCUT2D eigenvalue weighted by Crippen LogP contribution is 2.31. The first-order valence-electron chi connectivity index (χ1n) is 5.27. The molecule has 0 aliphatic heterocycles. The molecule has 82 valence electrons. The number of halogens is 1. The van der Waals surface area contributed by atoms with Crippen LogP contribution in [0.5, 0.6) is 0 Å². The van der Waals surface area contributed by atoms with Gasteiger partial charge in [-0.25, -0.2) is 4.39 Å². The lowest BCUT2D eigenvalue weighted by Gasteiger charge is -2.20. The Morgan fingerprint density at radius 2 is 2.19 bits per heavy atom. The van der Waals surface area contributed by atoms with Gasteiger partial charge in [0.05, 0.1) is 17.4 Å². The summed E-state index contributed by atoms with van der Waals surface area (Å²) in [5.41, 5.74) is 1.20. The van der Waals surface area contributed by atoms with E-state index in [1.54, 1.807) is 12.1 Å². The van der Waals surface area contributed by atoms with Crippen LogP contribution in [0.25, 0.3) is 0 Å². The molecule has 1 atom stereocenters. The molecule has 2 rings (SSSR count). The summed E-state index contributed by atoms with van der Waals surface area (Å²) < 4.78 is 13.2. The van der Waals surface area contributed by atoms with Crippen molar-refractivity contribution in [3.8, 4) is 6.07 Å². The number of aliphatic hydroxyl groups excluding tert-OH is 1. The second-order valence-electron chi connectivity index (χ2n) is 4.05. The van der Waals surface area contributed by atoms with Crippen LogP contribution in [-0.2, 0) is 0 Å². The van der Waals surface area contributed by atoms with Crippen LogP contribution in [0.15, 0.2) is 30.0 Å². The highest BCUT2D eigenvalue weighted by molar-refractivity contribution is 5.36. The lowest BCUT2D eigenvalue weighted by Crippen LogP contribution is -2.05. The molecule has 0 radical (unpaired) electrons. The van der Waals surface area contributed by atoms with Crippen LogP contribution in [0.3, 0.4) is 0 Å². The lowest BCUT2D eigenvalue weighted by atomic mass is 9.86. The molecule has 0 bridgehead atoms. The van der Waals surface area contributed by atoms with Gasteiger partial charge in [-0.05, 0) is 48.6 Å². The fourth-order valence-corrected chi connectivity index (χ4v) is 2.04. The van der Waals surface area contributed by atoms with E-state index in [4.69, 9.17) is 5.26 Å². The van der Waals surface area contributed by atoms with Crippen molar-refractivity contribution in [3.63, 3.8) is 0 Å². The summed E-state index contributed by atoms with van der Waals surface area (Å²) in [6, 6.07) is 6.39. The van der Waals surface area contributed by atoms with Crippen LogP contribution in [0.1, 0.15) is 36.3 Å². The predicted molar refractivity (Wildman–Crippen MR) is 58.4 cm³/mol. The molecule has 0 aromatic heterocycles. The highest BCUT2D eigenvalue weighted by atomic mass is 19.1. The van der Waals surface area contributed by atoms with Gasteiger partial charge in [0.2, 0.25) is 0 Å². The van der Waals surface area contributed by atoms with E-state index >= 15 is 0 Å². The van der Waals surface area contributed by atoms with Crippen LogP contribution >= 0.6 is 0 Å². The van der Waals surface area contributed by atoms with E-state index in [9.17, 15) is 9.50 Å². The van der Waals surface area contributed by atoms with E-state index in [1.165, 1.54) is 12.1 Å². The quantitative estimate of drug-likeness (QED) is 0.783. The van der Waals surface area contributed by atoms with Gasteiger partial charge in [0.1, 0.15) is 5.82 Å². The zero-order valence-electron chi connectivity index (χ0n) is 8.78. The summed E-state index contributed by atoms with van der Waals surface area (Å²) in [4.78, 5) is 0. The Morgan fingerprint density at radius 1 is 1.38 bits per heavy atom. The van der Waals surface area contributed by atoms with Crippen LogP contribution in [0, 0.1) is 17.1 Å². The van der Waals surface area contributed by atoms with Crippen LogP contribution in [0.2, 0.25) is 0 Å². The molecule has 1 aromatic carbocycles. The monoisotopic (exact) mass is 217 g/mol. The van der Waals surface area contributed by atoms with Crippen LogP contribution < -0.4 is 0 Å². The topological polar surface area (TPSA) is 44.0 Å². The fourth-order valence-electron chi connectivity index (χ4n) is 2.04. The predicted octanol–water partition coefficient (Wildman–Crippen LogP) is 3.41. The molecule has 1 aliphatic carbocycles. The zero-order chi connectivity index (χ0) is 11.5. The molecule has 0 saturated carbocycles. The normalized spacial score (nSPS) is 20.0. The Balaban J connectivity index is 2.28. The SMILES string of the molecule is N#Cc1cc(F)cc(C2CC=C(O)CC2)c1. The maximum Gasteiger partial charge on any atom is 0.124 e. The minimum Gasteiger partial charge on any atom is -0.513 e. The number of hydrogen-bond donors (Lipinski definition) is 1. The molecular weight excluding hydrogens is 205 g/mol. The van der Waals surface area contributed by atoms with E-state index in [2.05, 4.69) is 0 Å². The smallest absolute Gasteiger partial charge is 0.124 e. The molecule has 16 heavy (non-hydrogen) atoms. The van der Waals surface area contributed by atoms with Crippen molar-refractivity contribution in [3.05, 3.63) is 47.0 Å². The molecule has 1 aromatic rings. The summed E-state index contributed by atoms with van der Waals surface area (Å²) in [5.74, 6) is 0.250. The van der Waals surface area contributed by atoms with Gasteiger partial charge in [0.25, 0.3) is 0 Å². The third-order valence-corrected chi connectivity index (χ3v) is 2.91. The zero-order valence-corrected chi connectivity index (χ0v) is 8.78. The largest absolute Gasteiger partial charge is 0.513 e. The first-order valence-corrected chi connectivity index (χ1v) is 5.27. The molecule has 0 amide bonds. The van der Waals surface area contributed by atoms with Gasteiger partial charge < -0.3 is 5.11 Å². The third-order valence-electron chi connectivity index (χ3n) is 2.91. The number of rotatable bonds is 1. The van der Waals surface area contributed by atoms with E-state index in [-0.39, 0.29) is 11.7 Å². The van der Waals surface area contributed by atoms with Crippen molar-refractivity contribution in [1.29, 1.82) is 5.26 Å². The first-order chi connectivity index (χ1) is 7.69. The summed E-state index contributed by atoms with van der Waals surface area (Å²) in [6.45, 7) is 0. The summed E-state index contributed by atoms with van der Waals surface area (Å²) in [5, 5.41) is 18.0. The summed E-state index contributed by atoms with van der Waals surface area (Å²) >= 11 is 0. The Kier molecular flexibility index (Phi) is 2.91.